The first-order valence-corrected chi connectivity index (χ1v) is 11.0. The minimum atomic E-state index is -0.213. The van der Waals surface area contributed by atoms with E-state index in [2.05, 4.69) is 99.0 Å². The summed E-state index contributed by atoms with van der Waals surface area (Å²) in [5.74, 6) is 0. The van der Waals surface area contributed by atoms with Crippen LogP contribution in [0.3, 0.4) is 0 Å². The first-order valence-electron chi connectivity index (χ1n) is 11.0. The molecule has 0 bridgehead atoms. The smallest absolute Gasteiger partial charge is 0.0936 e. The lowest BCUT2D eigenvalue weighted by Crippen LogP contribution is -2.32. The van der Waals surface area contributed by atoms with Gasteiger partial charge in [-0.2, -0.15) is 0 Å². The second-order valence-electron chi connectivity index (χ2n) is 9.33. The van der Waals surface area contributed by atoms with Crippen molar-refractivity contribution in [1.29, 1.82) is 0 Å². The van der Waals surface area contributed by atoms with Crippen molar-refractivity contribution in [1.82, 2.24) is 4.57 Å². The second-order valence-corrected chi connectivity index (χ2v) is 9.33. The van der Waals surface area contributed by atoms with Crippen molar-refractivity contribution in [2.75, 3.05) is 0 Å². The lowest BCUT2D eigenvalue weighted by Gasteiger charge is -2.34. The van der Waals surface area contributed by atoms with Crippen LogP contribution in [0.25, 0.3) is 28.1 Å². The Bertz CT molecular complexity index is 1330. The number of aryl methyl sites for hydroxylation is 3. The van der Waals surface area contributed by atoms with E-state index in [4.69, 9.17) is 0 Å². The summed E-state index contributed by atoms with van der Waals surface area (Å²) >= 11 is 0. The van der Waals surface area contributed by atoms with Crippen LogP contribution in [-0.2, 0) is 12.0 Å². The molecule has 30 heavy (non-hydrogen) atoms. The third-order valence-corrected chi connectivity index (χ3v) is 7.23. The van der Waals surface area contributed by atoms with Crippen LogP contribution < -0.4 is 0 Å². The molecule has 1 nitrogen and oxygen atoms in total. The maximum Gasteiger partial charge on any atom is 0.0936 e. The van der Waals surface area contributed by atoms with Crippen molar-refractivity contribution in [3.63, 3.8) is 0 Å². The number of rotatable bonds is 1. The molecule has 6 rings (SSSR count). The Morgan fingerprint density at radius 3 is 2.03 bits per heavy atom. The van der Waals surface area contributed by atoms with Crippen LogP contribution in [0.15, 0.2) is 60.7 Å². The fourth-order valence-corrected chi connectivity index (χ4v) is 5.82. The van der Waals surface area contributed by atoms with Crippen molar-refractivity contribution >= 4 is 17.0 Å². The highest BCUT2D eigenvalue weighted by Gasteiger charge is 2.43. The maximum atomic E-state index is 2.67. The molecule has 0 N–H and O–H groups in total. The van der Waals surface area contributed by atoms with Crippen molar-refractivity contribution in [3.8, 4) is 11.1 Å². The fourth-order valence-electron chi connectivity index (χ4n) is 5.82. The lowest BCUT2D eigenvalue weighted by atomic mass is 9.87. The third kappa shape index (κ3) is 2.18. The summed E-state index contributed by atoms with van der Waals surface area (Å²) in [6, 6.07) is 21.0. The van der Waals surface area contributed by atoms with Crippen LogP contribution in [0.1, 0.15) is 52.4 Å². The van der Waals surface area contributed by atoms with Crippen LogP contribution in [0.2, 0.25) is 0 Å². The van der Waals surface area contributed by atoms with E-state index in [1.807, 2.05) is 0 Å². The van der Waals surface area contributed by atoms with Crippen LogP contribution in [0, 0.1) is 20.8 Å². The Balaban J connectivity index is 1.79. The van der Waals surface area contributed by atoms with E-state index in [1.54, 1.807) is 0 Å². The standard InChI is InChI=1S/C29H27N/c1-18-11-14-28-24(15-18)23-7-5-6-8-27(23)30(28)29(4)25-16-19(2)9-12-21(25)22-13-10-20(3)17-26(22)29/h5,7,9-17H,6,8H2,1-4H3. The second kappa shape index (κ2) is 5.98. The fraction of sp³-hybridized carbons (Fsp3) is 0.241. The van der Waals surface area contributed by atoms with Crippen LogP contribution in [-0.4, -0.2) is 4.57 Å². The number of fused-ring (bicyclic) bond motifs is 6. The lowest BCUT2D eigenvalue weighted by molar-refractivity contribution is 0.485. The Labute approximate surface area is 178 Å². The number of benzene rings is 3. The minimum Gasteiger partial charge on any atom is -0.330 e. The summed E-state index contributed by atoms with van der Waals surface area (Å²) in [6.07, 6.45) is 6.89. The van der Waals surface area contributed by atoms with Gasteiger partial charge in [-0.15, -0.1) is 0 Å². The molecule has 0 saturated heterocycles. The van der Waals surface area contributed by atoms with Crippen molar-refractivity contribution < 1.29 is 0 Å². The molecule has 1 heteroatoms. The van der Waals surface area contributed by atoms with Gasteiger partial charge in [0.25, 0.3) is 0 Å². The summed E-state index contributed by atoms with van der Waals surface area (Å²) in [5, 5.41) is 1.39. The first-order chi connectivity index (χ1) is 14.5. The molecule has 0 radical (unpaired) electrons. The molecule has 0 aliphatic heterocycles. The van der Waals surface area contributed by atoms with E-state index in [0.717, 1.165) is 12.8 Å². The van der Waals surface area contributed by atoms with E-state index in [-0.39, 0.29) is 5.54 Å². The highest BCUT2D eigenvalue weighted by atomic mass is 15.1. The molecule has 0 saturated carbocycles. The molecule has 0 spiro atoms. The maximum absolute atomic E-state index is 2.67. The summed E-state index contributed by atoms with van der Waals surface area (Å²) < 4.78 is 2.67. The zero-order chi connectivity index (χ0) is 20.6. The van der Waals surface area contributed by atoms with Gasteiger partial charge in [0.1, 0.15) is 0 Å². The van der Waals surface area contributed by atoms with Crippen LogP contribution >= 0.6 is 0 Å². The van der Waals surface area contributed by atoms with E-state index in [0.29, 0.717) is 0 Å². The Kier molecular flexibility index (Phi) is 3.54. The van der Waals surface area contributed by atoms with E-state index in [9.17, 15) is 0 Å². The molecule has 0 amide bonds. The zero-order valence-corrected chi connectivity index (χ0v) is 18.2. The largest absolute Gasteiger partial charge is 0.330 e. The number of nitrogens with zero attached hydrogens (tertiary/aromatic N) is 1. The number of hydrogen-bond donors (Lipinski definition) is 0. The van der Waals surface area contributed by atoms with Gasteiger partial charge in [0.15, 0.2) is 0 Å². The average molecular weight is 390 g/mol. The third-order valence-electron chi connectivity index (χ3n) is 7.23. The van der Waals surface area contributed by atoms with Crippen LogP contribution in [0.5, 0.6) is 0 Å². The van der Waals surface area contributed by atoms with Gasteiger partial charge < -0.3 is 4.57 Å². The van der Waals surface area contributed by atoms with E-state index >= 15 is 0 Å². The Hall–Kier alpha value is -3.06. The first kappa shape index (κ1) is 17.8. The molecule has 1 heterocycles. The zero-order valence-electron chi connectivity index (χ0n) is 18.2. The SMILES string of the molecule is Cc1ccc2c(c1)C(C)(n1c3c(c4cc(C)ccc41)C=CCC3)c1cc(C)ccc1-2. The van der Waals surface area contributed by atoms with Gasteiger partial charge in [0, 0.05) is 22.2 Å². The quantitative estimate of drug-likeness (QED) is 0.321. The molecular weight excluding hydrogens is 362 g/mol. The Morgan fingerprint density at radius 1 is 0.767 bits per heavy atom. The molecule has 2 aliphatic carbocycles. The summed E-state index contributed by atoms with van der Waals surface area (Å²) in [7, 11) is 0. The molecule has 148 valence electrons. The Morgan fingerprint density at radius 2 is 1.37 bits per heavy atom. The van der Waals surface area contributed by atoms with Crippen molar-refractivity contribution in [2.45, 2.75) is 46.1 Å². The highest BCUT2D eigenvalue weighted by Crippen LogP contribution is 2.52. The van der Waals surface area contributed by atoms with Crippen LogP contribution in [0.4, 0.5) is 0 Å². The topological polar surface area (TPSA) is 4.93 Å². The van der Waals surface area contributed by atoms with Gasteiger partial charge in [0.05, 0.1) is 5.54 Å². The molecule has 0 atom stereocenters. The van der Waals surface area contributed by atoms with Gasteiger partial charge >= 0.3 is 0 Å². The molecule has 3 aromatic carbocycles. The monoisotopic (exact) mass is 389 g/mol. The van der Waals surface area contributed by atoms with Gasteiger partial charge in [-0.25, -0.2) is 0 Å². The number of hydrogen-bond acceptors (Lipinski definition) is 0. The van der Waals surface area contributed by atoms with Gasteiger partial charge in [-0.3, -0.25) is 0 Å². The van der Waals surface area contributed by atoms with E-state index in [1.165, 1.54) is 61.1 Å². The van der Waals surface area contributed by atoms with Gasteiger partial charge in [0.2, 0.25) is 0 Å². The molecule has 0 unspecified atom stereocenters. The highest BCUT2D eigenvalue weighted by molar-refractivity contribution is 5.94. The molecule has 0 fully saturated rings. The van der Waals surface area contributed by atoms with E-state index < -0.39 is 0 Å². The molecule has 2 aliphatic rings. The minimum absolute atomic E-state index is 0.213. The summed E-state index contributed by atoms with van der Waals surface area (Å²) in [4.78, 5) is 0. The number of allylic oxidation sites excluding steroid dienone is 1. The van der Waals surface area contributed by atoms with Crippen molar-refractivity contribution in [3.05, 3.63) is 99.7 Å². The molecule has 4 aromatic rings. The van der Waals surface area contributed by atoms with Crippen molar-refractivity contribution in [2.24, 2.45) is 0 Å². The normalized spacial score (nSPS) is 15.9. The average Bonchev–Trinajstić information content (AvgIpc) is 3.19. The number of aromatic nitrogens is 1. The van der Waals surface area contributed by atoms with Gasteiger partial charge in [-0.05, 0) is 74.9 Å². The predicted molar refractivity (Wildman–Crippen MR) is 127 cm³/mol. The summed E-state index contributed by atoms with van der Waals surface area (Å²) in [6.45, 7) is 9.06. The van der Waals surface area contributed by atoms with Gasteiger partial charge in [-0.1, -0.05) is 71.3 Å². The molecular formula is C29H27N. The molecule has 1 aromatic heterocycles. The predicted octanol–water partition coefficient (Wildman–Crippen LogP) is 7.32. The summed E-state index contributed by atoms with van der Waals surface area (Å²) in [5.41, 5.74) is 13.6.